The minimum atomic E-state index is 0.0823. The number of aryl methyl sites for hydroxylation is 1. The van der Waals surface area contributed by atoms with Crippen molar-refractivity contribution in [3.8, 4) is 5.69 Å². The topological polar surface area (TPSA) is 70.0 Å². The molecule has 1 saturated carbocycles. The van der Waals surface area contributed by atoms with E-state index in [4.69, 9.17) is 0 Å². The summed E-state index contributed by atoms with van der Waals surface area (Å²) >= 11 is 0. The maximum absolute atomic E-state index is 10.0. The number of aromatic nitrogens is 4. The first-order valence-electron chi connectivity index (χ1n) is 12.1. The summed E-state index contributed by atoms with van der Waals surface area (Å²) in [6, 6.07) is 17.5. The number of fused-ring (bicyclic) bond motifs is 1. The predicted octanol–water partition coefficient (Wildman–Crippen LogP) is 4.91. The lowest BCUT2D eigenvalue weighted by Gasteiger charge is -2.39. The van der Waals surface area contributed by atoms with Crippen LogP contribution in [-0.2, 0) is 6.42 Å². The second-order valence-electron chi connectivity index (χ2n) is 9.40. The number of likely N-dealkylation sites (N-methyl/N-ethyl adjacent to an activating group) is 1. The van der Waals surface area contributed by atoms with Gasteiger partial charge in [-0.1, -0.05) is 30.3 Å². The van der Waals surface area contributed by atoms with Gasteiger partial charge in [-0.15, -0.1) is 10.2 Å². The number of nitrogens with one attached hydrogen (secondary N) is 1. The molecule has 0 bridgehead atoms. The number of H-pyrrole nitrogens is 1. The summed E-state index contributed by atoms with van der Waals surface area (Å²) in [4.78, 5) is 5.83. The molecule has 5 rings (SSSR count). The van der Waals surface area contributed by atoms with Crippen molar-refractivity contribution in [2.24, 2.45) is 5.92 Å². The van der Waals surface area contributed by atoms with E-state index in [1.165, 1.54) is 54.1 Å². The number of aromatic amines is 1. The summed E-state index contributed by atoms with van der Waals surface area (Å²) in [5, 5.41) is 19.2. The molecule has 0 aliphatic heterocycles. The number of aliphatic hydroxyl groups is 1. The number of rotatable bonds is 8. The van der Waals surface area contributed by atoms with Gasteiger partial charge in [-0.2, -0.15) is 0 Å². The van der Waals surface area contributed by atoms with Gasteiger partial charge in [-0.3, -0.25) is 9.47 Å². The standard InChI is InChI=1S/C27H33N5O/c1-31(27(17-33)21-5-3-2-4-6-21)23-11-8-20(9-12-23)7-10-22-16-28-26-14-13-24(15-25(22)26)32-18-29-30-19-32/h2-6,13-16,18-20,23,27-28,33H,7-12,17H2,1H3/t20?,23?,27-/m1/s1. The third kappa shape index (κ3) is 4.72. The lowest BCUT2D eigenvalue weighted by Crippen LogP contribution is -2.39. The van der Waals surface area contributed by atoms with Crippen molar-refractivity contribution in [2.45, 2.75) is 50.6 Å². The highest BCUT2D eigenvalue weighted by Gasteiger charge is 2.28. The van der Waals surface area contributed by atoms with Crippen LogP contribution in [0.5, 0.6) is 0 Å². The fourth-order valence-electron chi connectivity index (χ4n) is 5.47. The van der Waals surface area contributed by atoms with Gasteiger partial charge >= 0.3 is 0 Å². The Bertz CT molecular complexity index is 1150. The maximum Gasteiger partial charge on any atom is 0.123 e. The van der Waals surface area contributed by atoms with Crippen molar-refractivity contribution in [1.82, 2.24) is 24.6 Å². The Hall–Kier alpha value is -2.96. The molecular formula is C27H33N5O. The summed E-state index contributed by atoms with van der Waals surface area (Å²) in [6.07, 6.45) is 12.9. The summed E-state index contributed by atoms with van der Waals surface area (Å²) in [5.74, 6) is 0.768. The number of hydrogen-bond acceptors (Lipinski definition) is 4. The van der Waals surface area contributed by atoms with E-state index in [0.717, 1.165) is 18.0 Å². The van der Waals surface area contributed by atoms with Crippen LogP contribution in [0.25, 0.3) is 16.6 Å². The van der Waals surface area contributed by atoms with Crippen molar-refractivity contribution in [1.29, 1.82) is 0 Å². The molecule has 1 atom stereocenters. The van der Waals surface area contributed by atoms with Crippen LogP contribution in [0.1, 0.15) is 49.3 Å². The van der Waals surface area contributed by atoms with E-state index < -0.39 is 0 Å². The van der Waals surface area contributed by atoms with E-state index in [9.17, 15) is 5.11 Å². The third-order valence-corrected chi connectivity index (χ3v) is 7.53. The van der Waals surface area contributed by atoms with Crippen LogP contribution in [0.4, 0.5) is 0 Å². The first kappa shape index (κ1) is 21.9. The molecule has 2 N–H and O–H groups in total. The number of hydrogen-bond donors (Lipinski definition) is 2. The molecule has 0 unspecified atom stereocenters. The first-order chi connectivity index (χ1) is 16.2. The molecule has 0 radical (unpaired) electrons. The molecule has 33 heavy (non-hydrogen) atoms. The summed E-state index contributed by atoms with van der Waals surface area (Å²) in [7, 11) is 2.18. The van der Waals surface area contributed by atoms with E-state index in [-0.39, 0.29) is 12.6 Å². The molecule has 2 aromatic carbocycles. The molecular weight excluding hydrogens is 410 g/mol. The fourth-order valence-corrected chi connectivity index (χ4v) is 5.47. The number of benzene rings is 2. The molecule has 1 aliphatic rings. The fraction of sp³-hybridized carbons (Fsp3) is 0.407. The smallest absolute Gasteiger partial charge is 0.123 e. The van der Waals surface area contributed by atoms with Crippen LogP contribution in [0.15, 0.2) is 67.4 Å². The Labute approximate surface area is 195 Å². The van der Waals surface area contributed by atoms with E-state index in [1.807, 2.05) is 10.6 Å². The predicted molar refractivity (Wildman–Crippen MR) is 131 cm³/mol. The van der Waals surface area contributed by atoms with E-state index in [1.54, 1.807) is 12.7 Å². The molecule has 6 nitrogen and oxygen atoms in total. The second-order valence-corrected chi connectivity index (χ2v) is 9.40. The van der Waals surface area contributed by atoms with Crippen LogP contribution >= 0.6 is 0 Å². The van der Waals surface area contributed by atoms with E-state index >= 15 is 0 Å². The van der Waals surface area contributed by atoms with E-state index in [0.29, 0.717) is 6.04 Å². The van der Waals surface area contributed by atoms with Crippen LogP contribution in [0.2, 0.25) is 0 Å². The Balaban J connectivity index is 1.18. The van der Waals surface area contributed by atoms with Gasteiger partial charge in [0.15, 0.2) is 0 Å². The quantitative estimate of drug-likeness (QED) is 0.406. The van der Waals surface area contributed by atoms with E-state index in [2.05, 4.69) is 75.8 Å². The second kappa shape index (κ2) is 9.89. The molecule has 0 amide bonds. The lowest BCUT2D eigenvalue weighted by molar-refractivity contribution is 0.0788. The van der Waals surface area contributed by atoms with Crippen molar-refractivity contribution in [3.05, 3.63) is 78.5 Å². The summed E-state index contributed by atoms with van der Waals surface area (Å²) in [5.41, 5.74) is 4.87. The van der Waals surface area contributed by atoms with Gasteiger partial charge < -0.3 is 10.1 Å². The Kier molecular flexibility index (Phi) is 6.55. The van der Waals surface area contributed by atoms with Gasteiger partial charge in [0.05, 0.1) is 12.6 Å². The Morgan fingerprint density at radius 1 is 1.06 bits per heavy atom. The van der Waals surface area contributed by atoms with Crippen LogP contribution in [0.3, 0.4) is 0 Å². The summed E-state index contributed by atoms with van der Waals surface area (Å²) in [6.45, 7) is 0.165. The van der Waals surface area contributed by atoms with Crippen LogP contribution < -0.4 is 0 Å². The van der Waals surface area contributed by atoms with Crippen molar-refractivity contribution in [2.75, 3.05) is 13.7 Å². The zero-order valence-electron chi connectivity index (χ0n) is 19.3. The van der Waals surface area contributed by atoms with Gasteiger partial charge in [0.2, 0.25) is 0 Å². The molecule has 1 fully saturated rings. The van der Waals surface area contributed by atoms with Crippen LogP contribution in [0, 0.1) is 5.92 Å². The highest BCUT2D eigenvalue weighted by Crippen LogP contribution is 2.34. The summed E-state index contributed by atoms with van der Waals surface area (Å²) < 4.78 is 1.95. The highest BCUT2D eigenvalue weighted by molar-refractivity contribution is 5.85. The average Bonchev–Trinajstić information content (AvgIpc) is 3.54. The highest BCUT2D eigenvalue weighted by atomic mass is 16.3. The van der Waals surface area contributed by atoms with Crippen LogP contribution in [-0.4, -0.2) is 49.5 Å². The zero-order valence-corrected chi connectivity index (χ0v) is 19.3. The lowest BCUT2D eigenvalue weighted by atomic mass is 9.81. The molecule has 4 aromatic rings. The normalized spacial score (nSPS) is 19.8. The molecule has 1 aliphatic carbocycles. The zero-order chi connectivity index (χ0) is 22.6. The first-order valence-corrected chi connectivity index (χ1v) is 12.1. The SMILES string of the molecule is CN(C1CCC(CCc2c[nH]c3ccc(-n4cnnc4)cc23)CC1)[C@H](CO)c1ccccc1. The third-order valence-electron chi connectivity index (χ3n) is 7.53. The van der Waals surface area contributed by atoms with Gasteiger partial charge in [0, 0.05) is 28.8 Å². The monoisotopic (exact) mass is 443 g/mol. The minimum Gasteiger partial charge on any atom is -0.394 e. The Morgan fingerprint density at radius 2 is 1.82 bits per heavy atom. The van der Waals surface area contributed by atoms with Crippen molar-refractivity contribution in [3.63, 3.8) is 0 Å². The maximum atomic E-state index is 10.0. The largest absolute Gasteiger partial charge is 0.394 e. The minimum absolute atomic E-state index is 0.0823. The number of nitrogens with zero attached hydrogens (tertiary/aromatic N) is 4. The van der Waals surface area contributed by atoms with Crippen molar-refractivity contribution >= 4 is 10.9 Å². The van der Waals surface area contributed by atoms with Crippen molar-refractivity contribution < 1.29 is 5.11 Å². The van der Waals surface area contributed by atoms with Gasteiger partial charge in [-0.05, 0) is 80.8 Å². The molecule has 2 aromatic heterocycles. The van der Waals surface area contributed by atoms with Gasteiger partial charge in [0.25, 0.3) is 0 Å². The molecule has 0 saturated heterocycles. The van der Waals surface area contributed by atoms with Gasteiger partial charge in [0.1, 0.15) is 12.7 Å². The Morgan fingerprint density at radius 3 is 2.55 bits per heavy atom. The molecule has 2 heterocycles. The molecule has 6 heteroatoms. The van der Waals surface area contributed by atoms with Gasteiger partial charge in [-0.25, -0.2) is 0 Å². The molecule has 0 spiro atoms. The average molecular weight is 444 g/mol. The number of aliphatic hydroxyl groups excluding tert-OH is 1. The molecule has 172 valence electrons.